The number of nitrogens with zero attached hydrogens (tertiary/aromatic N) is 3. The number of hydrogen-bond donors (Lipinski definition) is 0. The summed E-state index contributed by atoms with van der Waals surface area (Å²) in [5.41, 5.74) is 4.91. The summed E-state index contributed by atoms with van der Waals surface area (Å²) in [6, 6.07) is 11.9. The van der Waals surface area contributed by atoms with Crippen LogP contribution in [0.4, 0.5) is 11.4 Å². The summed E-state index contributed by atoms with van der Waals surface area (Å²) in [6.07, 6.45) is 2.01. The molecule has 0 atom stereocenters. The lowest BCUT2D eigenvalue weighted by Gasteiger charge is -2.36. The van der Waals surface area contributed by atoms with E-state index in [9.17, 15) is 9.59 Å². The number of carbonyl (C=O) groups is 2. The van der Waals surface area contributed by atoms with E-state index in [1.165, 1.54) is 21.1 Å². The molecule has 2 heterocycles. The Morgan fingerprint density at radius 3 is 2.42 bits per heavy atom. The second-order valence-electron chi connectivity index (χ2n) is 8.32. The van der Waals surface area contributed by atoms with Gasteiger partial charge in [0.25, 0.3) is 0 Å². The topological polar surface area (TPSA) is 53.1 Å². The first-order valence-corrected chi connectivity index (χ1v) is 11.0. The van der Waals surface area contributed by atoms with Crippen LogP contribution in [0.1, 0.15) is 37.0 Å². The number of methoxy groups -OCH3 is 1. The largest absolute Gasteiger partial charge is 0.497 e. The lowest BCUT2D eigenvalue weighted by atomic mass is 9.97. The van der Waals surface area contributed by atoms with E-state index in [0.717, 1.165) is 36.3 Å². The molecule has 2 aliphatic rings. The highest BCUT2D eigenvalue weighted by Gasteiger charge is 2.43. The first-order chi connectivity index (χ1) is 14.8. The van der Waals surface area contributed by atoms with Crippen LogP contribution < -0.4 is 14.5 Å². The maximum absolute atomic E-state index is 12.9. The third-order valence-corrected chi connectivity index (χ3v) is 6.37. The fourth-order valence-corrected chi connectivity index (χ4v) is 4.63. The molecule has 0 spiro atoms. The quantitative estimate of drug-likeness (QED) is 0.526. The highest BCUT2D eigenvalue weighted by atomic mass is 32.1. The van der Waals surface area contributed by atoms with Crippen molar-refractivity contribution in [2.75, 3.05) is 23.5 Å². The predicted octanol–water partition coefficient (Wildman–Crippen LogP) is 3.82. The molecule has 2 amide bonds. The van der Waals surface area contributed by atoms with Gasteiger partial charge in [-0.25, -0.2) is 4.90 Å². The van der Waals surface area contributed by atoms with Gasteiger partial charge in [-0.1, -0.05) is 12.1 Å². The lowest BCUT2D eigenvalue weighted by molar-refractivity contribution is -0.139. The molecule has 2 aromatic rings. The van der Waals surface area contributed by atoms with Crippen molar-refractivity contribution in [1.82, 2.24) is 4.90 Å². The van der Waals surface area contributed by atoms with Crippen LogP contribution in [-0.4, -0.2) is 41.5 Å². The van der Waals surface area contributed by atoms with Crippen molar-refractivity contribution in [3.8, 4) is 5.75 Å². The molecule has 6 nitrogen and oxygen atoms in total. The SMILES string of the molecule is COc1ccc(CN2C(=O)C(=O)N(c3cc4c(cc3C)N(C(C)C)CCC4)C2=S)cc1. The number of aryl methyl sites for hydroxylation is 2. The molecule has 162 valence electrons. The van der Waals surface area contributed by atoms with Crippen molar-refractivity contribution in [2.45, 2.75) is 46.2 Å². The summed E-state index contributed by atoms with van der Waals surface area (Å²) in [5.74, 6) is -0.461. The minimum absolute atomic E-state index is 0.227. The Labute approximate surface area is 188 Å². The molecule has 7 heteroatoms. The van der Waals surface area contributed by atoms with Gasteiger partial charge in [0, 0.05) is 18.3 Å². The highest BCUT2D eigenvalue weighted by molar-refractivity contribution is 7.80. The van der Waals surface area contributed by atoms with Crippen molar-refractivity contribution in [3.63, 3.8) is 0 Å². The summed E-state index contributed by atoms with van der Waals surface area (Å²) in [5, 5.41) is 0.227. The van der Waals surface area contributed by atoms with Gasteiger partial charge in [0.15, 0.2) is 5.11 Å². The van der Waals surface area contributed by atoms with Gasteiger partial charge in [-0.2, -0.15) is 0 Å². The Morgan fingerprint density at radius 2 is 1.77 bits per heavy atom. The van der Waals surface area contributed by atoms with E-state index in [1.54, 1.807) is 7.11 Å². The predicted molar refractivity (Wildman–Crippen MR) is 126 cm³/mol. The zero-order valence-corrected chi connectivity index (χ0v) is 19.2. The van der Waals surface area contributed by atoms with E-state index in [-0.39, 0.29) is 11.7 Å². The molecule has 31 heavy (non-hydrogen) atoms. The van der Waals surface area contributed by atoms with Gasteiger partial charge in [-0.05, 0) is 86.8 Å². The number of hydrogen-bond acceptors (Lipinski definition) is 5. The number of rotatable bonds is 5. The third-order valence-electron chi connectivity index (χ3n) is 5.97. The number of carbonyl (C=O) groups excluding carboxylic acids is 2. The van der Waals surface area contributed by atoms with Crippen molar-refractivity contribution < 1.29 is 14.3 Å². The smallest absolute Gasteiger partial charge is 0.323 e. The second kappa shape index (κ2) is 8.30. The van der Waals surface area contributed by atoms with E-state index in [4.69, 9.17) is 17.0 Å². The molecule has 0 unspecified atom stereocenters. The molecule has 0 bridgehead atoms. The van der Waals surface area contributed by atoms with Crippen LogP contribution in [0.15, 0.2) is 36.4 Å². The molecule has 0 N–H and O–H groups in total. The Balaban J connectivity index is 1.64. The summed E-state index contributed by atoms with van der Waals surface area (Å²) in [6.45, 7) is 7.61. The number of thiocarbonyl (C=S) groups is 1. The van der Waals surface area contributed by atoms with Gasteiger partial charge < -0.3 is 9.64 Å². The van der Waals surface area contributed by atoms with Crippen molar-refractivity contribution in [3.05, 3.63) is 53.1 Å². The maximum atomic E-state index is 12.9. The molecule has 0 aliphatic carbocycles. The van der Waals surface area contributed by atoms with Crippen molar-refractivity contribution >= 4 is 40.5 Å². The van der Waals surface area contributed by atoms with Gasteiger partial charge >= 0.3 is 11.8 Å². The van der Waals surface area contributed by atoms with Gasteiger partial charge in [0.2, 0.25) is 0 Å². The maximum Gasteiger partial charge on any atom is 0.323 e. The average molecular weight is 438 g/mol. The van der Waals surface area contributed by atoms with E-state index in [2.05, 4.69) is 24.8 Å². The molecule has 0 saturated carbocycles. The Hall–Kier alpha value is -2.93. The van der Waals surface area contributed by atoms with Crippen LogP contribution in [0, 0.1) is 6.92 Å². The van der Waals surface area contributed by atoms with E-state index in [0.29, 0.717) is 11.7 Å². The zero-order chi connectivity index (χ0) is 22.3. The summed E-state index contributed by atoms with van der Waals surface area (Å²) in [4.78, 5) is 30.9. The van der Waals surface area contributed by atoms with Crippen LogP contribution in [0.5, 0.6) is 5.75 Å². The molecule has 1 saturated heterocycles. The fourth-order valence-electron chi connectivity index (χ4n) is 4.30. The molecular weight excluding hydrogens is 410 g/mol. The van der Waals surface area contributed by atoms with Crippen LogP contribution in [-0.2, 0) is 22.6 Å². The van der Waals surface area contributed by atoms with Crippen molar-refractivity contribution in [1.29, 1.82) is 0 Å². The van der Waals surface area contributed by atoms with E-state index < -0.39 is 11.8 Å². The molecule has 2 aromatic carbocycles. The van der Waals surface area contributed by atoms with E-state index in [1.807, 2.05) is 37.3 Å². The zero-order valence-electron chi connectivity index (χ0n) is 18.3. The Morgan fingerprint density at radius 1 is 1.06 bits per heavy atom. The monoisotopic (exact) mass is 437 g/mol. The Kier molecular flexibility index (Phi) is 5.71. The molecular formula is C24H27N3O3S. The number of benzene rings is 2. The normalized spacial score (nSPS) is 16.4. The number of anilines is 2. The van der Waals surface area contributed by atoms with Gasteiger partial charge in [0.05, 0.1) is 19.3 Å². The third kappa shape index (κ3) is 3.78. The molecule has 0 radical (unpaired) electrons. The van der Waals surface area contributed by atoms with Crippen LogP contribution in [0.25, 0.3) is 0 Å². The molecule has 1 fully saturated rings. The standard InChI is InChI=1S/C24H27N3O3S/c1-15(2)25-11-5-6-18-13-20(16(3)12-21(18)25)27-23(29)22(28)26(24(27)31)14-17-7-9-19(30-4)10-8-17/h7-10,12-13,15H,5-6,11,14H2,1-4H3. The van der Waals surface area contributed by atoms with Gasteiger partial charge in [-0.3, -0.25) is 14.5 Å². The average Bonchev–Trinajstić information content (AvgIpc) is 2.96. The molecule has 0 aromatic heterocycles. The summed E-state index contributed by atoms with van der Waals surface area (Å²) in [7, 11) is 1.60. The van der Waals surface area contributed by atoms with Crippen LogP contribution in [0.3, 0.4) is 0 Å². The fraction of sp³-hybridized carbons (Fsp3) is 0.375. The first kappa shape index (κ1) is 21.3. The second-order valence-corrected chi connectivity index (χ2v) is 8.69. The van der Waals surface area contributed by atoms with Gasteiger partial charge in [0.1, 0.15) is 5.75 Å². The van der Waals surface area contributed by atoms with Crippen LogP contribution in [0.2, 0.25) is 0 Å². The molecule has 4 rings (SSSR count). The Bertz CT molecular complexity index is 1050. The number of ether oxygens (including phenoxy) is 1. The minimum atomic E-state index is -0.599. The summed E-state index contributed by atoms with van der Waals surface area (Å²) < 4.78 is 5.18. The molecule has 2 aliphatic heterocycles. The van der Waals surface area contributed by atoms with Crippen molar-refractivity contribution in [2.24, 2.45) is 0 Å². The van der Waals surface area contributed by atoms with E-state index >= 15 is 0 Å². The van der Waals surface area contributed by atoms with Crippen LogP contribution >= 0.6 is 12.2 Å². The highest BCUT2D eigenvalue weighted by Crippen LogP contribution is 2.36. The van der Waals surface area contributed by atoms with Gasteiger partial charge in [-0.15, -0.1) is 0 Å². The number of fused-ring (bicyclic) bond motifs is 1. The lowest BCUT2D eigenvalue weighted by Crippen LogP contribution is -2.36. The number of amides is 2. The minimum Gasteiger partial charge on any atom is -0.497 e. The first-order valence-electron chi connectivity index (χ1n) is 10.5. The summed E-state index contributed by atoms with van der Waals surface area (Å²) >= 11 is 5.60.